The van der Waals surface area contributed by atoms with Crippen molar-refractivity contribution in [2.75, 3.05) is 7.11 Å². The summed E-state index contributed by atoms with van der Waals surface area (Å²) in [6.07, 6.45) is 7.05. The van der Waals surface area contributed by atoms with Crippen molar-refractivity contribution < 1.29 is 14.3 Å². The average molecular weight is 635 g/mol. The SMILES string of the molecule is COC(=O)c1ccc(CC(/C=C/c2ccccc2OCc2ccc(C(C)(C)C)cc2Cl)CCc2ccc(-c3nnn[nH]3)cc2)cc1. The molecule has 8 heteroatoms. The van der Waals surface area contributed by atoms with Gasteiger partial charge in [0.05, 0.1) is 12.7 Å². The quantitative estimate of drug-likeness (QED) is 0.138. The molecule has 0 aliphatic heterocycles. The summed E-state index contributed by atoms with van der Waals surface area (Å²) in [4.78, 5) is 11.9. The van der Waals surface area contributed by atoms with E-state index < -0.39 is 0 Å². The summed E-state index contributed by atoms with van der Waals surface area (Å²) in [5.74, 6) is 1.34. The van der Waals surface area contributed by atoms with Crippen LogP contribution >= 0.6 is 11.6 Å². The molecule has 5 rings (SSSR count). The van der Waals surface area contributed by atoms with Crippen LogP contribution in [-0.4, -0.2) is 33.7 Å². The van der Waals surface area contributed by atoms with E-state index in [1.54, 1.807) is 0 Å². The highest BCUT2D eigenvalue weighted by Crippen LogP contribution is 2.29. The number of hydrogen-bond acceptors (Lipinski definition) is 6. The topological polar surface area (TPSA) is 90.0 Å². The van der Waals surface area contributed by atoms with E-state index in [1.165, 1.54) is 18.2 Å². The van der Waals surface area contributed by atoms with Crippen LogP contribution in [-0.2, 0) is 29.6 Å². The molecule has 1 aromatic heterocycles. The van der Waals surface area contributed by atoms with Gasteiger partial charge in [-0.1, -0.05) is 111 Å². The Kier molecular flexibility index (Phi) is 10.7. The normalized spacial score (nSPS) is 12.3. The number of carbonyl (C=O) groups is 1. The highest BCUT2D eigenvalue weighted by atomic mass is 35.5. The van der Waals surface area contributed by atoms with Crippen molar-refractivity contribution in [1.82, 2.24) is 20.6 Å². The van der Waals surface area contributed by atoms with Crippen LogP contribution in [0.15, 0.2) is 97.1 Å². The highest BCUT2D eigenvalue weighted by Gasteiger charge is 2.16. The molecular weight excluding hydrogens is 596 g/mol. The van der Waals surface area contributed by atoms with Crippen molar-refractivity contribution in [3.05, 3.63) is 135 Å². The lowest BCUT2D eigenvalue weighted by Gasteiger charge is -2.20. The van der Waals surface area contributed by atoms with Gasteiger partial charge < -0.3 is 9.47 Å². The summed E-state index contributed by atoms with van der Waals surface area (Å²) in [6, 6.07) is 30.2. The number of nitrogens with zero attached hydrogens (tertiary/aromatic N) is 3. The monoisotopic (exact) mass is 634 g/mol. The summed E-state index contributed by atoms with van der Waals surface area (Å²) in [5, 5.41) is 14.8. The fourth-order valence-electron chi connectivity index (χ4n) is 5.20. The van der Waals surface area contributed by atoms with Gasteiger partial charge in [0.25, 0.3) is 0 Å². The van der Waals surface area contributed by atoms with Gasteiger partial charge in [0, 0.05) is 21.7 Å². The first-order valence-corrected chi connectivity index (χ1v) is 15.8. The molecule has 0 radical (unpaired) electrons. The zero-order valence-electron chi connectivity index (χ0n) is 26.7. The number of methoxy groups -OCH3 is 1. The maximum absolute atomic E-state index is 11.9. The van der Waals surface area contributed by atoms with E-state index in [0.29, 0.717) is 23.0 Å². The second kappa shape index (κ2) is 15.0. The molecule has 46 heavy (non-hydrogen) atoms. The van der Waals surface area contributed by atoms with Crippen molar-refractivity contribution in [2.24, 2.45) is 5.92 Å². The summed E-state index contributed by atoms with van der Waals surface area (Å²) >= 11 is 6.65. The number of allylic oxidation sites excluding steroid dienone is 1. The van der Waals surface area contributed by atoms with Gasteiger partial charge >= 0.3 is 5.97 Å². The van der Waals surface area contributed by atoms with Crippen LogP contribution in [0.3, 0.4) is 0 Å². The first-order chi connectivity index (χ1) is 22.2. The van der Waals surface area contributed by atoms with E-state index >= 15 is 0 Å². The number of hydrogen-bond donors (Lipinski definition) is 1. The zero-order chi connectivity index (χ0) is 32.5. The number of halogens is 1. The number of para-hydroxylation sites is 1. The van der Waals surface area contributed by atoms with E-state index in [-0.39, 0.29) is 17.3 Å². The molecule has 236 valence electrons. The van der Waals surface area contributed by atoms with Gasteiger partial charge in [-0.2, -0.15) is 0 Å². The van der Waals surface area contributed by atoms with Crippen molar-refractivity contribution >= 4 is 23.6 Å². The standard InChI is InChI=1S/C38H39ClN4O3/c1-38(2,3)33-22-21-32(34(39)24-33)25-46-35-8-6-5-7-29(35)16-13-27(23-28-14-19-31(20-15-28)37(44)45-4)10-9-26-11-17-30(18-12-26)36-40-42-43-41-36/h5-8,11-22,24,27H,9-10,23,25H2,1-4H3,(H,40,41,42,43)/b16-13+. The lowest BCUT2D eigenvalue weighted by atomic mass is 9.87. The molecule has 0 saturated heterocycles. The first kappa shape index (κ1) is 32.6. The number of ether oxygens (including phenoxy) is 2. The number of rotatable bonds is 12. The number of aryl methyl sites for hydroxylation is 1. The number of carbonyl (C=O) groups excluding carboxylic acids is 1. The van der Waals surface area contributed by atoms with Crippen molar-refractivity contribution in [3.63, 3.8) is 0 Å². The number of tetrazole rings is 1. The number of aromatic nitrogens is 4. The van der Waals surface area contributed by atoms with E-state index in [0.717, 1.165) is 47.3 Å². The highest BCUT2D eigenvalue weighted by molar-refractivity contribution is 6.31. The minimum atomic E-state index is -0.337. The first-order valence-electron chi connectivity index (χ1n) is 15.4. The summed E-state index contributed by atoms with van der Waals surface area (Å²) in [7, 11) is 1.39. The molecule has 0 bridgehead atoms. The third kappa shape index (κ3) is 8.70. The molecule has 0 fully saturated rings. The van der Waals surface area contributed by atoms with E-state index in [2.05, 4.69) is 83.9 Å². The molecule has 0 aliphatic rings. The number of benzene rings is 4. The average Bonchev–Trinajstić information content (AvgIpc) is 3.61. The molecule has 5 aromatic rings. The summed E-state index contributed by atoms with van der Waals surface area (Å²) in [5.41, 5.74) is 7.03. The van der Waals surface area contributed by atoms with Gasteiger partial charge in [-0.05, 0) is 82.0 Å². The minimum Gasteiger partial charge on any atom is -0.488 e. The predicted octanol–water partition coefficient (Wildman–Crippen LogP) is 8.69. The largest absolute Gasteiger partial charge is 0.488 e. The number of nitrogens with one attached hydrogen (secondary N) is 1. The zero-order valence-corrected chi connectivity index (χ0v) is 27.4. The Labute approximate surface area is 275 Å². The number of aromatic amines is 1. The van der Waals surface area contributed by atoms with Gasteiger partial charge in [-0.3, -0.25) is 0 Å². The van der Waals surface area contributed by atoms with E-state index in [4.69, 9.17) is 21.1 Å². The maximum atomic E-state index is 11.9. The number of H-pyrrole nitrogens is 1. The third-order valence-corrected chi connectivity index (χ3v) is 8.37. The maximum Gasteiger partial charge on any atom is 0.337 e. The molecule has 1 N–H and O–H groups in total. The Morgan fingerprint density at radius 3 is 2.37 bits per heavy atom. The van der Waals surface area contributed by atoms with Gasteiger partial charge in [0.2, 0.25) is 0 Å². The van der Waals surface area contributed by atoms with Crippen LogP contribution in [0.5, 0.6) is 5.75 Å². The molecule has 1 heterocycles. The summed E-state index contributed by atoms with van der Waals surface area (Å²) < 4.78 is 11.2. The second-order valence-electron chi connectivity index (χ2n) is 12.4. The van der Waals surface area contributed by atoms with Gasteiger partial charge in [-0.25, -0.2) is 9.89 Å². The van der Waals surface area contributed by atoms with Crippen LogP contribution in [0.4, 0.5) is 0 Å². The van der Waals surface area contributed by atoms with Crippen molar-refractivity contribution in [3.8, 4) is 17.1 Å². The van der Waals surface area contributed by atoms with Gasteiger partial charge in [0.1, 0.15) is 12.4 Å². The fourth-order valence-corrected chi connectivity index (χ4v) is 5.44. The van der Waals surface area contributed by atoms with Gasteiger partial charge in [0.15, 0.2) is 5.82 Å². The molecule has 0 amide bonds. The molecule has 1 unspecified atom stereocenters. The Hall–Kier alpha value is -4.75. The van der Waals surface area contributed by atoms with Crippen LogP contribution in [0.1, 0.15) is 65.4 Å². The smallest absolute Gasteiger partial charge is 0.337 e. The van der Waals surface area contributed by atoms with Crippen LogP contribution in [0, 0.1) is 5.92 Å². The van der Waals surface area contributed by atoms with Crippen LogP contribution in [0.2, 0.25) is 5.02 Å². The molecule has 0 saturated carbocycles. The summed E-state index contributed by atoms with van der Waals surface area (Å²) in [6.45, 7) is 6.91. The Morgan fingerprint density at radius 2 is 1.70 bits per heavy atom. The molecule has 4 aromatic carbocycles. The lowest BCUT2D eigenvalue weighted by molar-refractivity contribution is 0.0600. The second-order valence-corrected chi connectivity index (χ2v) is 12.8. The van der Waals surface area contributed by atoms with Crippen molar-refractivity contribution in [1.29, 1.82) is 0 Å². The molecule has 7 nitrogen and oxygen atoms in total. The third-order valence-electron chi connectivity index (χ3n) is 8.02. The Balaban J connectivity index is 1.31. The van der Waals surface area contributed by atoms with Crippen LogP contribution < -0.4 is 4.74 Å². The van der Waals surface area contributed by atoms with Gasteiger partial charge in [-0.15, -0.1) is 5.10 Å². The number of esters is 1. The lowest BCUT2D eigenvalue weighted by Crippen LogP contribution is -2.11. The fraction of sp³-hybridized carbons (Fsp3) is 0.263. The van der Waals surface area contributed by atoms with Crippen molar-refractivity contribution in [2.45, 2.75) is 52.1 Å². The van der Waals surface area contributed by atoms with E-state index in [9.17, 15) is 4.79 Å². The van der Waals surface area contributed by atoms with E-state index in [1.807, 2.05) is 60.7 Å². The molecular formula is C38H39ClN4O3. The minimum absolute atomic E-state index is 0.0270. The van der Waals surface area contributed by atoms with Crippen LogP contribution in [0.25, 0.3) is 17.5 Å². The Morgan fingerprint density at radius 1 is 0.957 bits per heavy atom. The Bertz CT molecular complexity index is 1760. The predicted molar refractivity (Wildman–Crippen MR) is 183 cm³/mol. The molecule has 0 aliphatic carbocycles. The molecule has 0 spiro atoms. The molecule has 1 atom stereocenters.